The van der Waals surface area contributed by atoms with Crippen LogP contribution >= 0.6 is 11.3 Å². The number of aromatic nitrogens is 4. The smallest absolute Gasteiger partial charge is 0.255 e. The molecule has 0 unspecified atom stereocenters. The number of thiophene rings is 1. The SMILES string of the molecule is COCC(=O)Nc1cc(-c2cccs2)nn1-c1nc(C)c(C)c(=O)[nH]1. The van der Waals surface area contributed by atoms with Crippen molar-refractivity contribution in [2.45, 2.75) is 13.8 Å². The van der Waals surface area contributed by atoms with Crippen LogP contribution in [0.25, 0.3) is 16.5 Å². The Kier molecular flexibility index (Phi) is 4.77. The van der Waals surface area contributed by atoms with E-state index in [0.29, 0.717) is 22.8 Å². The average Bonchev–Trinajstić information content (AvgIpc) is 3.21. The van der Waals surface area contributed by atoms with Gasteiger partial charge in [-0.05, 0) is 25.3 Å². The number of nitrogens with zero attached hydrogens (tertiary/aromatic N) is 3. The van der Waals surface area contributed by atoms with Crippen LogP contribution in [0, 0.1) is 13.8 Å². The van der Waals surface area contributed by atoms with E-state index in [2.05, 4.69) is 20.4 Å². The second-order valence-electron chi connectivity index (χ2n) is 5.39. The molecule has 130 valence electrons. The number of carbonyl (C=O) groups is 1. The maximum absolute atomic E-state index is 12.1. The molecule has 3 aromatic rings. The second kappa shape index (κ2) is 6.99. The number of ether oxygens (including phenoxy) is 1. The van der Waals surface area contributed by atoms with Gasteiger partial charge in [-0.3, -0.25) is 14.6 Å². The summed E-state index contributed by atoms with van der Waals surface area (Å²) in [6, 6.07) is 5.57. The van der Waals surface area contributed by atoms with Crippen LogP contribution in [0.2, 0.25) is 0 Å². The standard InChI is InChI=1S/C16H17N5O3S/c1-9-10(2)17-16(19-15(9)23)21-13(18-14(22)8-24-3)7-11(20-21)12-5-4-6-25-12/h4-7H,8H2,1-3H3,(H,18,22)(H,17,19,23). The number of aryl methyl sites for hydroxylation is 1. The fourth-order valence-electron chi connectivity index (χ4n) is 2.22. The molecule has 0 aromatic carbocycles. The number of hydrogen-bond acceptors (Lipinski definition) is 6. The largest absolute Gasteiger partial charge is 0.375 e. The van der Waals surface area contributed by atoms with Gasteiger partial charge < -0.3 is 10.1 Å². The Bertz CT molecular complexity index is 959. The molecule has 0 aliphatic carbocycles. The minimum atomic E-state index is -0.326. The lowest BCUT2D eigenvalue weighted by Crippen LogP contribution is -2.22. The first-order valence-corrected chi connectivity index (χ1v) is 8.38. The first kappa shape index (κ1) is 17.1. The van der Waals surface area contributed by atoms with Gasteiger partial charge in [-0.15, -0.1) is 11.3 Å². The van der Waals surface area contributed by atoms with E-state index in [1.807, 2.05) is 17.5 Å². The molecule has 8 nitrogen and oxygen atoms in total. The van der Waals surface area contributed by atoms with Crippen LogP contribution in [0.5, 0.6) is 0 Å². The molecule has 3 aromatic heterocycles. The van der Waals surface area contributed by atoms with Gasteiger partial charge in [0.25, 0.3) is 11.5 Å². The van der Waals surface area contributed by atoms with Gasteiger partial charge in [0.05, 0.1) is 4.88 Å². The molecule has 9 heteroatoms. The quantitative estimate of drug-likeness (QED) is 0.724. The van der Waals surface area contributed by atoms with Crippen LogP contribution in [0.4, 0.5) is 5.82 Å². The van der Waals surface area contributed by atoms with Crippen molar-refractivity contribution in [2.75, 3.05) is 19.0 Å². The van der Waals surface area contributed by atoms with E-state index in [9.17, 15) is 9.59 Å². The van der Waals surface area contributed by atoms with E-state index >= 15 is 0 Å². The summed E-state index contributed by atoms with van der Waals surface area (Å²) < 4.78 is 6.25. The summed E-state index contributed by atoms with van der Waals surface area (Å²) in [5.41, 5.74) is 1.56. The Morgan fingerprint density at radius 2 is 2.24 bits per heavy atom. The van der Waals surface area contributed by atoms with E-state index in [-0.39, 0.29) is 24.0 Å². The summed E-state index contributed by atoms with van der Waals surface area (Å²) in [4.78, 5) is 32.0. The van der Waals surface area contributed by atoms with Crippen molar-refractivity contribution >= 4 is 23.1 Å². The first-order valence-electron chi connectivity index (χ1n) is 7.50. The van der Waals surface area contributed by atoms with Gasteiger partial charge in [0.2, 0.25) is 5.95 Å². The molecule has 2 N–H and O–H groups in total. The monoisotopic (exact) mass is 359 g/mol. The molecule has 3 rings (SSSR count). The Morgan fingerprint density at radius 1 is 1.44 bits per heavy atom. The second-order valence-corrected chi connectivity index (χ2v) is 6.33. The van der Waals surface area contributed by atoms with Crippen LogP contribution in [-0.4, -0.2) is 39.4 Å². The summed E-state index contributed by atoms with van der Waals surface area (Å²) in [6.45, 7) is 3.36. The highest BCUT2D eigenvalue weighted by Crippen LogP contribution is 2.27. The number of carbonyl (C=O) groups excluding carboxylic acids is 1. The van der Waals surface area contributed by atoms with Gasteiger partial charge in [0.15, 0.2) is 0 Å². The third-order valence-corrected chi connectivity index (χ3v) is 4.50. The molecule has 25 heavy (non-hydrogen) atoms. The molecule has 0 fully saturated rings. The van der Waals surface area contributed by atoms with Crippen molar-refractivity contribution in [1.82, 2.24) is 19.7 Å². The zero-order valence-corrected chi connectivity index (χ0v) is 14.8. The maximum atomic E-state index is 12.1. The van der Waals surface area contributed by atoms with Crippen molar-refractivity contribution in [1.29, 1.82) is 0 Å². The summed E-state index contributed by atoms with van der Waals surface area (Å²) in [6.07, 6.45) is 0. The highest BCUT2D eigenvalue weighted by molar-refractivity contribution is 7.13. The van der Waals surface area contributed by atoms with Crippen LogP contribution in [0.15, 0.2) is 28.4 Å². The number of amides is 1. The lowest BCUT2D eigenvalue weighted by molar-refractivity contribution is -0.119. The van der Waals surface area contributed by atoms with Crippen molar-refractivity contribution in [3.8, 4) is 16.5 Å². The number of nitrogens with one attached hydrogen (secondary N) is 2. The number of anilines is 1. The van der Waals surface area contributed by atoms with Crippen molar-refractivity contribution in [3.05, 3.63) is 45.2 Å². The predicted molar refractivity (Wildman–Crippen MR) is 95.3 cm³/mol. The normalized spacial score (nSPS) is 10.8. The minimum Gasteiger partial charge on any atom is -0.375 e. The van der Waals surface area contributed by atoms with Gasteiger partial charge >= 0.3 is 0 Å². The fourth-order valence-corrected chi connectivity index (χ4v) is 2.90. The van der Waals surface area contributed by atoms with Crippen LogP contribution in [0.1, 0.15) is 11.3 Å². The lowest BCUT2D eigenvalue weighted by atomic mass is 10.3. The Hall–Kier alpha value is -2.78. The number of aromatic amines is 1. The minimum absolute atomic E-state index is 0.0869. The van der Waals surface area contributed by atoms with E-state index in [4.69, 9.17) is 4.74 Å². The van der Waals surface area contributed by atoms with E-state index in [1.165, 1.54) is 23.1 Å². The Morgan fingerprint density at radius 3 is 2.88 bits per heavy atom. The molecule has 0 aliphatic heterocycles. The zero-order valence-electron chi connectivity index (χ0n) is 14.0. The van der Waals surface area contributed by atoms with Gasteiger partial charge in [0, 0.05) is 24.4 Å². The van der Waals surface area contributed by atoms with Crippen LogP contribution < -0.4 is 10.9 Å². The van der Waals surface area contributed by atoms with Gasteiger partial charge in [0.1, 0.15) is 18.1 Å². The molecule has 0 bridgehead atoms. The first-order chi connectivity index (χ1) is 12.0. The molecule has 3 heterocycles. The zero-order chi connectivity index (χ0) is 18.0. The summed E-state index contributed by atoms with van der Waals surface area (Å²) >= 11 is 1.53. The maximum Gasteiger partial charge on any atom is 0.255 e. The summed E-state index contributed by atoms with van der Waals surface area (Å²) in [5, 5.41) is 9.15. The van der Waals surface area contributed by atoms with Crippen molar-refractivity contribution < 1.29 is 9.53 Å². The molecule has 0 saturated carbocycles. The Balaban J connectivity index is 2.10. The van der Waals surface area contributed by atoms with E-state index < -0.39 is 0 Å². The van der Waals surface area contributed by atoms with Crippen molar-refractivity contribution in [3.63, 3.8) is 0 Å². The number of hydrogen-bond donors (Lipinski definition) is 2. The average molecular weight is 359 g/mol. The van der Waals surface area contributed by atoms with Crippen LogP contribution in [0.3, 0.4) is 0 Å². The summed E-state index contributed by atoms with van der Waals surface area (Å²) in [7, 11) is 1.44. The molecule has 0 saturated heterocycles. The third kappa shape index (κ3) is 3.52. The topological polar surface area (TPSA) is 102 Å². The van der Waals surface area contributed by atoms with E-state index in [1.54, 1.807) is 19.9 Å². The number of methoxy groups -OCH3 is 1. The fraction of sp³-hybridized carbons (Fsp3) is 0.250. The molecule has 0 spiro atoms. The molecule has 1 amide bonds. The highest BCUT2D eigenvalue weighted by Gasteiger charge is 2.16. The molecular formula is C16H17N5O3S. The third-order valence-electron chi connectivity index (χ3n) is 3.61. The van der Waals surface area contributed by atoms with E-state index in [0.717, 1.165) is 4.88 Å². The van der Waals surface area contributed by atoms with Gasteiger partial charge in [-0.1, -0.05) is 6.07 Å². The number of H-pyrrole nitrogens is 1. The number of rotatable bonds is 5. The molecule has 0 aliphatic rings. The van der Waals surface area contributed by atoms with Gasteiger partial charge in [-0.2, -0.15) is 9.78 Å². The predicted octanol–water partition coefficient (Wildman–Crippen LogP) is 1.89. The van der Waals surface area contributed by atoms with Gasteiger partial charge in [-0.25, -0.2) is 4.98 Å². The molecular weight excluding hydrogens is 342 g/mol. The molecule has 0 atom stereocenters. The summed E-state index contributed by atoms with van der Waals surface area (Å²) in [5.74, 6) is 0.313. The Labute approximate surface area is 147 Å². The van der Waals surface area contributed by atoms with Crippen LogP contribution in [-0.2, 0) is 9.53 Å². The molecule has 0 radical (unpaired) electrons. The highest BCUT2D eigenvalue weighted by atomic mass is 32.1. The van der Waals surface area contributed by atoms with Crippen molar-refractivity contribution in [2.24, 2.45) is 0 Å². The lowest BCUT2D eigenvalue weighted by Gasteiger charge is -2.08.